The van der Waals surface area contributed by atoms with Crippen LogP contribution in [0.3, 0.4) is 0 Å². The van der Waals surface area contributed by atoms with Gasteiger partial charge in [0.1, 0.15) is 0 Å². The summed E-state index contributed by atoms with van der Waals surface area (Å²) < 4.78 is 0. The van der Waals surface area contributed by atoms with Gasteiger partial charge in [-0.1, -0.05) is 41.1 Å². The molecule has 1 aliphatic rings. The molecule has 1 aliphatic heterocycles. The maximum Gasteiger partial charge on any atom is 0.336 e. The van der Waals surface area contributed by atoms with E-state index in [1.165, 1.54) is 0 Å². The van der Waals surface area contributed by atoms with Gasteiger partial charge in [0.25, 0.3) is 5.91 Å². The Kier molecular flexibility index (Phi) is 11.8. The third kappa shape index (κ3) is 8.61. The van der Waals surface area contributed by atoms with Gasteiger partial charge in [0.15, 0.2) is 6.61 Å². The Morgan fingerprint density at radius 3 is 2.44 bits per heavy atom. The first kappa shape index (κ1) is 27.6. The summed E-state index contributed by atoms with van der Waals surface area (Å²) in [5.74, 6) is -1.15. The molecule has 2 N–H and O–H groups in total. The first-order valence-corrected chi connectivity index (χ1v) is 12.1. The SMILES string of the molecule is Cc1cc(C)c(C(=O)O)c(CC(/C=C/CC/C=C/CCO)=NOCC(=O)N2CCCCC2)c1Cl. The topological polar surface area (TPSA) is 99.4 Å². The summed E-state index contributed by atoms with van der Waals surface area (Å²) in [7, 11) is 0. The molecule has 1 fully saturated rings. The Bertz CT molecular complexity index is 934. The lowest BCUT2D eigenvalue weighted by Gasteiger charge is -2.26. The average molecular weight is 491 g/mol. The molecular formula is C26H35ClN2O5. The standard InChI is InChI=1S/C26H35ClN2O5/c1-19-16-20(2)25(27)22(24(19)26(32)33)17-21(12-8-5-3-4-6-11-15-30)28-34-18-23(31)29-13-9-7-10-14-29/h4,6,8,12,16,30H,3,5,7,9-11,13-15,17-18H2,1-2H3,(H,32,33)/b6-4+,12-8+,28-21?. The van der Waals surface area contributed by atoms with E-state index < -0.39 is 5.97 Å². The van der Waals surface area contributed by atoms with Gasteiger partial charge in [-0.05, 0) is 75.1 Å². The molecule has 186 valence electrons. The number of hydrogen-bond acceptors (Lipinski definition) is 5. The second-order valence-corrected chi connectivity index (χ2v) is 8.80. The quantitative estimate of drug-likeness (QED) is 0.189. The van der Waals surface area contributed by atoms with E-state index in [1.807, 2.05) is 25.2 Å². The molecule has 1 heterocycles. The number of hydrogen-bond donors (Lipinski definition) is 2. The van der Waals surface area contributed by atoms with Crippen LogP contribution in [0.4, 0.5) is 0 Å². The van der Waals surface area contributed by atoms with E-state index in [0.717, 1.165) is 50.8 Å². The van der Waals surface area contributed by atoms with Gasteiger partial charge in [-0.2, -0.15) is 0 Å². The molecule has 0 spiro atoms. The second-order valence-electron chi connectivity index (χ2n) is 8.42. The van der Waals surface area contributed by atoms with E-state index in [1.54, 1.807) is 24.0 Å². The molecule has 34 heavy (non-hydrogen) atoms. The summed E-state index contributed by atoms with van der Waals surface area (Å²) in [5, 5.41) is 23.2. The zero-order valence-corrected chi connectivity index (χ0v) is 20.8. The van der Waals surface area contributed by atoms with Gasteiger partial charge in [0, 0.05) is 31.1 Å². The predicted octanol–water partition coefficient (Wildman–Crippen LogP) is 4.86. The van der Waals surface area contributed by atoms with Crippen molar-refractivity contribution in [2.24, 2.45) is 5.16 Å². The van der Waals surface area contributed by atoms with Crippen LogP contribution in [-0.4, -0.2) is 59.0 Å². The van der Waals surface area contributed by atoms with Gasteiger partial charge in [-0.15, -0.1) is 0 Å². The van der Waals surface area contributed by atoms with E-state index in [4.69, 9.17) is 21.5 Å². The van der Waals surface area contributed by atoms with E-state index >= 15 is 0 Å². The lowest BCUT2D eigenvalue weighted by molar-refractivity contribution is -0.137. The Morgan fingerprint density at radius 1 is 1.09 bits per heavy atom. The number of halogens is 1. The molecule has 1 aromatic rings. The normalized spacial score (nSPS) is 14.8. The van der Waals surface area contributed by atoms with Crippen LogP contribution < -0.4 is 0 Å². The zero-order chi connectivity index (χ0) is 24.9. The van der Waals surface area contributed by atoms with Crippen molar-refractivity contribution in [2.75, 3.05) is 26.3 Å². The third-order valence-electron chi connectivity index (χ3n) is 5.66. The smallest absolute Gasteiger partial charge is 0.336 e. The molecule has 2 rings (SSSR count). The number of aromatic carboxylic acids is 1. The lowest BCUT2D eigenvalue weighted by atomic mass is 9.94. The summed E-state index contributed by atoms with van der Waals surface area (Å²) in [6.45, 7) is 5.02. The second kappa shape index (κ2) is 14.6. The number of likely N-dealkylation sites (tertiary alicyclic amines) is 1. The van der Waals surface area contributed by atoms with Crippen molar-refractivity contribution in [1.82, 2.24) is 4.90 Å². The lowest BCUT2D eigenvalue weighted by Crippen LogP contribution is -2.37. The minimum Gasteiger partial charge on any atom is -0.478 e. The fourth-order valence-electron chi connectivity index (χ4n) is 3.94. The maximum atomic E-state index is 12.4. The number of allylic oxidation sites excluding steroid dienone is 3. The van der Waals surface area contributed by atoms with Crippen LogP contribution in [0.5, 0.6) is 0 Å². The Balaban J connectivity index is 2.19. The van der Waals surface area contributed by atoms with Crippen LogP contribution in [0.25, 0.3) is 0 Å². The molecular weight excluding hydrogens is 456 g/mol. The number of unbranched alkanes of at least 4 members (excludes halogenated alkanes) is 1. The van der Waals surface area contributed by atoms with Crippen molar-refractivity contribution in [2.45, 2.75) is 58.8 Å². The van der Waals surface area contributed by atoms with Gasteiger partial charge in [-0.3, -0.25) is 4.79 Å². The van der Waals surface area contributed by atoms with Crippen molar-refractivity contribution in [3.8, 4) is 0 Å². The summed E-state index contributed by atoms with van der Waals surface area (Å²) in [4.78, 5) is 31.5. The molecule has 0 unspecified atom stereocenters. The molecule has 7 nitrogen and oxygen atoms in total. The van der Waals surface area contributed by atoms with Crippen LogP contribution in [0.15, 0.2) is 35.5 Å². The highest BCUT2D eigenvalue weighted by atomic mass is 35.5. The molecule has 0 saturated carbocycles. The molecule has 1 saturated heterocycles. The van der Waals surface area contributed by atoms with E-state index in [2.05, 4.69) is 5.16 Å². The van der Waals surface area contributed by atoms with Crippen molar-refractivity contribution in [1.29, 1.82) is 0 Å². The van der Waals surface area contributed by atoms with Crippen LogP contribution in [0.1, 0.15) is 65.6 Å². The zero-order valence-electron chi connectivity index (χ0n) is 20.1. The first-order chi connectivity index (χ1) is 16.3. The van der Waals surface area contributed by atoms with Crippen LogP contribution in [0.2, 0.25) is 5.02 Å². The molecule has 0 bridgehead atoms. The van der Waals surface area contributed by atoms with Crippen molar-refractivity contribution in [3.05, 3.63) is 57.6 Å². The third-order valence-corrected chi connectivity index (χ3v) is 6.19. The van der Waals surface area contributed by atoms with Crippen molar-refractivity contribution < 1.29 is 24.6 Å². The number of carbonyl (C=O) groups excluding carboxylic acids is 1. The Morgan fingerprint density at radius 2 is 1.76 bits per heavy atom. The number of amides is 1. The number of aliphatic hydroxyl groups excluding tert-OH is 1. The summed E-state index contributed by atoms with van der Waals surface area (Å²) in [6.07, 6.45) is 13.1. The fraction of sp³-hybridized carbons (Fsp3) is 0.500. The van der Waals surface area contributed by atoms with Crippen molar-refractivity contribution >= 4 is 29.2 Å². The number of rotatable bonds is 12. The largest absolute Gasteiger partial charge is 0.478 e. The summed E-state index contributed by atoms with van der Waals surface area (Å²) >= 11 is 6.50. The number of carboxylic acids is 1. The number of oxime groups is 1. The van der Waals surface area contributed by atoms with E-state index in [0.29, 0.717) is 28.3 Å². The minimum atomic E-state index is -1.05. The molecule has 0 atom stereocenters. The number of nitrogens with zero attached hydrogens (tertiary/aromatic N) is 2. The van der Waals surface area contributed by atoms with Gasteiger partial charge < -0.3 is 20.0 Å². The van der Waals surface area contributed by atoms with Gasteiger partial charge >= 0.3 is 5.97 Å². The van der Waals surface area contributed by atoms with Crippen LogP contribution in [-0.2, 0) is 16.1 Å². The monoisotopic (exact) mass is 490 g/mol. The predicted molar refractivity (Wildman–Crippen MR) is 135 cm³/mol. The summed E-state index contributed by atoms with van der Waals surface area (Å²) in [6, 6.07) is 1.76. The van der Waals surface area contributed by atoms with Crippen LogP contribution in [0, 0.1) is 13.8 Å². The van der Waals surface area contributed by atoms with E-state index in [-0.39, 0.29) is 31.1 Å². The molecule has 0 radical (unpaired) electrons. The number of carboxylic acid groups (broad SMARTS) is 1. The molecule has 8 heteroatoms. The van der Waals surface area contributed by atoms with Gasteiger partial charge in [0.05, 0.1) is 11.3 Å². The van der Waals surface area contributed by atoms with Crippen molar-refractivity contribution in [3.63, 3.8) is 0 Å². The Labute approximate surface area is 206 Å². The Hall–Kier alpha value is -2.64. The molecule has 0 aliphatic carbocycles. The number of carbonyl (C=O) groups is 2. The molecule has 1 aromatic carbocycles. The average Bonchev–Trinajstić information content (AvgIpc) is 2.81. The van der Waals surface area contributed by atoms with Gasteiger partial charge in [0.2, 0.25) is 0 Å². The number of aliphatic hydroxyl groups is 1. The number of benzene rings is 1. The van der Waals surface area contributed by atoms with E-state index in [9.17, 15) is 14.7 Å². The first-order valence-electron chi connectivity index (χ1n) is 11.8. The van der Waals surface area contributed by atoms with Gasteiger partial charge in [-0.25, -0.2) is 4.79 Å². The van der Waals surface area contributed by atoms with Crippen LogP contribution >= 0.6 is 11.6 Å². The highest BCUT2D eigenvalue weighted by Crippen LogP contribution is 2.28. The number of piperidine rings is 1. The summed E-state index contributed by atoms with van der Waals surface area (Å²) in [5.41, 5.74) is 2.54. The molecule has 1 amide bonds. The highest BCUT2D eigenvalue weighted by Gasteiger charge is 2.20. The number of aryl methyl sites for hydroxylation is 2. The maximum absolute atomic E-state index is 12.4. The minimum absolute atomic E-state index is 0.101. The highest BCUT2D eigenvalue weighted by molar-refractivity contribution is 6.33. The molecule has 0 aromatic heterocycles. The fourth-order valence-corrected chi connectivity index (χ4v) is 4.16.